The van der Waals surface area contributed by atoms with Crippen molar-refractivity contribution in [2.24, 2.45) is 0 Å². The lowest BCUT2D eigenvalue weighted by Crippen LogP contribution is -2.40. The van der Waals surface area contributed by atoms with Crippen molar-refractivity contribution in [3.8, 4) is 11.5 Å². The molecule has 2 atom stereocenters. The Bertz CT molecular complexity index is 1030. The Morgan fingerprint density at radius 3 is 2.17 bits per heavy atom. The molecule has 2 unspecified atom stereocenters. The number of ether oxygens (including phenoxy) is 2. The Kier molecular flexibility index (Phi) is 9.60. The van der Waals surface area contributed by atoms with Gasteiger partial charge in [0.25, 0.3) is 5.79 Å². The minimum atomic E-state index is -2.86. The van der Waals surface area contributed by atoms with Gasteiger partial charge in [0.1, 0.15) is 0 Å². The van der Waals surface area contributed by atoms with Gasteiger partial charge in [0.05, 0.1) is 0 Å². The second-order valence-corrected chi connectivity index (χ2v) is 10.9. The first-order valence-electron chi connectivity index (χ1n) is 12.1. The molecule has 0 amide bonds. The number of carbonyl (C=O) groups excluding carboxylic acids is 2. The molecule has 4 rings (SSSR count). The fraction of sp³-hybridized carbons (Fsp3) is 0.481. The molecule has 0 spiro atoms. The zero-order valence-corrected chi connectivity index (χ0v) is 21.1. The molecule has 2 aromatic carbocycles. The lowest BCUT2D eigenvalue weighted by atomic mass is 10.1. The fourth-order valence-electron chi connectivity index (χ4n) is 4.08. The topological polar surface area (TPSA) is 110 Å². The summed E-state index contributed by atoms with van der Waals surface area (Å²) in [6.45, 7) is 4.61. The lowest BCUT2D eigenvalue weighted by Gasteiger charge is -2.12. The highest BCUT2D eigenvalue weighted by molar-refractivity contribution is 7.85. The summed E-state index contributed by atoms with van der Waals surface area (Å²) in [5, 5.41) is 18.4. The van der Waals surface area contributed by atoms with E-state index in [9.17, 15) is 13.8 Å². The second kappa shape index (κ2) is 12.4. The molecule has 2 aliphatic rings. The number of unbranched alkanes of at least 4 members (excludes halogenated alkanes) is 5. The summed E-state index contributed by atoms with van der Waals surface area (Å²) in [5.74, 6) is -2.31. The highest BCUT2D eigenvalue weighted by atomic mass is 32.2. The third-order valence-electron chi connectivity index (χ3n) is 6.16. The van der Waals surface area contributed by atoms with Crippen LogP contribution in [0, 0.1) is 0 Å². The molecule has 0 fully saturated rings. The summed E-state index contributed by atoms with van der Waals surface area (Å²) in [5.41, 5.74) is 1.31. The summed E-state index contributed by atoms with van der Waals surface area (Å²) in [6, 6.07) is 11.9. The standard InChI is InChI=1S/C18H28O3S.C9H6O4/c1-3-4-5-6-7-8-11-22(19)15(2)12-16-9-10-17-18(13-16)21-14-20-17;10-7-5-3-1-2-4-6(5)8(11)9(7,12)13/h9-10,13,15H,3-8,11-12,14H2,1-2H3;1-4,12-13H. The van der Waals surface area contributed by atoms with Crippen LogP contribution in [0.3, 0.4) is 0 Å². The van der Waals surface area contributed by atoms with E-state index in [1.807, 2.05) is 18.2 Å². The molecule has 1 aliphatic heterocycles. The van der Waals surface area contributed by atoms with Crippen molar-refractivity contribution in [3.63, 3.8) is 0 Å². The smallest absolute Gasteiger partial charge is 0.295 e. The number of hydrogen-bond donors (Lipinski definition) is 2. The highest BCUT2D eigenvalue weighted by Crippen LogP contribution is 2.33. The molecule has 0 radical (unpaired) electrons. The van der Waals surface area contributed by atoms with Gasteiger partial charge in [-0.05, 0) is 30.5 Å². The van der Waals surface area contributed by atoms with Crippen molar-refractivity contribution in [2.45, 2.75) is 69.8 Å². The zero-order chi connectivity index (χ0) is 25.4. The van der Waals surface area contributed by atoms with E-state index in [2.05, 4.69) is 13.8 Å². The molecule has 2 aromatic rings. The van der Waals surface area contributed by atoms with Crippen LogP contribution in [0.15, 0.2) is 42.5 Å². The molecule has 1 aliphatic carbocycles. The van der Waals surface area contributed by atoms with E-state index in [1.165, 1.54) is 49.8 Å². The molecule has 35 heavy (non-hydrogen) atoms. The van der Waals surface area contributed by atoms with Crippen molar-refractivity contribution in [2.75, 3.05) is 12.5 Å². The third-order valence-corrected chi connectivity index (χ3v) is 7.91. The Morgan fingerprint density at radius 1 is 0.914 bits per heavy atom. The minimum absolute atomic E-state index is 0.0671. The number of carbonyl (C=O) groups is 2. The molecule has 190 valence electrons. The molecule has 0 aromatic heterocycles. The molecule has 0 saturated heterocycles. The van der Waals surface area contributed by atoms with E-state index in [1.54, 1.807) is 12.1 Å². The maximum Gasteiger partial charge on any atom is 0.295 e. The van der Waals surface area contributed by atoms with Crippen molar-refractivity contribution < 1.29 is 33.5 Å². The predicted octanol–water partition coefficient (Wildman–Crippen LogP) is 4.20. The quantitative estimate of drug-likeness (QED) is 0.285. The van der Waals surface area contributed by atoms with E-state index in [0.717, 1.165) is 30.1 Å². The first kappa shape index (κ1) is 27.0. The van der Waals surface area contributed by atoms with E-state index in [0.29, 0.717) is 6.79 Å². The molecule has 0 bridgehead atoms. The number of aliphatic hydroxyl groups is 2. The number of ketones is 2. The monoisotopic (exact) mass is 502 g/mol. The van der Waals surface area contributed by atoms with Crippen LogP contribution in [0.25, 0.3) is 0 Å². The van der Waals surface area contributed by atoms with Crippen LogP contribution in [0.2, 0.25) is 0 Å². The van der Waals surface area contributed by atoms with Crippen LogP contribution in [0.5, 0.6) is 11.5 Å². The van der Waals surface area contributed by atoms with Gasteiger partial charge in [-0.3, -0.25) is 13.8 Å². The number of rotatable bonds is 10. The summed E-state index contributed by atoms with van der Waals surface area (Å²) in [6.07, 6.45) is 8.32. The SMILES string of the molecule is CCCCCCCCS(=O)C(C)Cc1ccc2c(c1)OCO2.O=C1c2ccccc2C(=O)C1(O)O. The summed E-state index contributed by atoms with van der Waals surface area (Å²) >= 11 is 0. The van der Waals surface area contributed by atoms with Gasteiger partial charge in [-0.15, -0.1) is 0 Å². The molecular formula is C27H34O7S. The van der Waals surface area contributed by atoms with Gasteiger partial charge in [-0.1, -0.05) is 76.3 Å². The molecule has 0 saturated carbocycles. The zero-order valence-electron chi connectivity index (χ0n) is 20.3. The van der Waals surface area contributed by atoms with Gasteiger partial charge >= 0.3 is 0 Å². The Hall–Kier alpha value is -2.55. The first-order valence-corrected chi connectivity index (χ1v) is 13.5. The second-order valence-electron chi connectivity index (χ2n) is 8.93. The summed E-state index contributed by atoms with van der Waals surface area (Å²) < 4.78 is 23.0. The number of hydrogen-bond acceptors (Lipinski definition) is 7. The fourth-order valence-corrected chi connectivity index (χ4v) is 5.35. The third kappa shape index (κ3) is 6.78. The Balaban J connectivity index is 0.000000223. The Morgan fingerprint density at radius 2 is 1.51 bits per heavy atom. The van der Waals surface area contributed by atoms with E-state index in [4.69, 9.17) is 19.7 Å². The number of fused-ring (bicyclic) bond motifs is 2. The molecular weight excluding hydrogens is 468 g/mol. The highest BCUT2D eigenvalue weighted by Gasteiger charge is 2.50. The van der Waals surface area contributed by atoms with Gasteiger partial charge in [0, 0.05) is 32.9 Å². The van der Waals surface area contributed by atoms with E-state index < -0.39 is 28.2 Å². The summed E-state index contributed by atoms with van der Waals surface area (Å²) in [4.78, 5) is 22.4. The Labute approximate surface area is 208 Å². The average Bonchev–Trinajstić information content (AvgIpc) is 3.39. The van der Waals surface area contributed by atoms with E-state index >= 15 is 0 Å². The maximum atomic E-state index is 12.3. The largest absolute Gasteiger partial charge is 0.454 e. The van der Waals surface area contributed by atoms with Gasteiger partial charge in [0.15, 0.2) is 11.5 Å². The summed E-state index contributed by atoms with van der Waals surface area (Å²) in [7, 11) is -0.743. The van der Waals surface area contributed by atoms with Crippen LogP contribution in [0.1, 0.15) is 78.7 Å². The predicted molar refractivity (Wildman–Crippen MR) is 134 cm³/mol. The molecule has 8 heteroatoms. The van der Waals surface area contributed by atoms with Crippen molar-refractivity contribution in [1.82, 2.24) is 0 Å². The van der Waals surface area contributed by atoms with E-state index in [-0.39, 0.29) is 16.4 Å². The average molecular weight is 503 g/mol. The van der Waals surface area contributed by atoms with Crippen LogP contribution in [-0.2, 0) is 17.2 Å². The molecule has 2 N–H and O–H groups in total. The molecule has 1 heterocycles. The van der Waals surface area contributed by atoms with Crippen LogP contribution in [0.4, 0.5) is 0 Å². The minimum Gasteiger partial charge on any atom is -0.454 e. The van der Waals surface area contributed by atoms with Gasteiger partial charge in [0.2, 0.25) is 18.4 Å². The van der Waals surface area contributed by atoms with Gasteiger partial charge in [-0.2, -0.15) is 0 Å². The van der Waals surface area contributed by atoms with Crippen LogP contribution in [-0.4, -0.2) is 49.6 Å². The first-order chi connectivity index (χ1) is 16.8. The van der Waals surface area contributed by atoms with Gasteiger partial charge in [-0.25, -0.2) is 0 Å². The van der Waals surface area contributed by atoms with Crippen LogP contribution >= 0.6 is 0 Å². The van der Waals surface area contributed by atoms with Gasteiger partial charge < -0.3 is 19.7 Å². The lowest BCUT2D eigenvalue weighted by molar-refractivity contribution is -0.0857. The number of benzene rings is 2. The van der Waals surface area contributed by atoms with Crippen LogP contribution < -0.4 is 9.47 Å². The number of Topliss-reactive ketones (excluding diaryl/α,β-unsaturated/α-hetero) is 2. The van der Waals surface area contributed by atoms with Crippen molar-refractivity contribution in [3.05, 3.63) is 59.2 Å². The van der Waals surface area contributed by atoms with Crippen molar-refractivity contribution in [1.29, 1.82) is 0 Å². The normalized spacial score (nSPS) is 16.9. The maximum absolute atomic E-state index is 12.3. The molecule has 7 nitrogen and oxygen atoms in total. The van der Waals surface area contributed by atoms with Crippen molar-refractivity contribution >= 4 is 22.4 Å².